The maximum absolute atomic E-state index is 12.4. The van der Waals surface area contributed by atoms with Crippen LogP contribution >= 0.6 is 0 Å². The van der Waals surface area contributed by atoms with E-state index >= 15 is 0 Å². The first-order valence-corrected chi connectivity index (χ1v) is 10.9. The first-order chi connectivity index (χ1) is 14.4. The van der Waals surface area contributed by atoms with E-state index in [1.54, 1.807) is 0 Å². The fraction of sp³-hybridized carbons (Fsp3) is 0.400. The summed E-state index contributed by atoms with van der Waals surface area (Å²) in [6, 6.07) is 13.2. The third-order valence-electron chi connectivity index (χ3n) is 4.05. The third-order valence-corrected chi connectivity index (χ3v) is 5.76. The van der Waals surface area contributed by atoms with Gasteiger partial charge in [0.15, 0.2) is 9.84 Å². The molecule has 0 N–H and O–H groups in total. The average Bonchev–Trinajstić information content (AvgIpc) is 2.75. The molecule has 2 aromatic rings. The first kappa shape index (κ1) is 23.7. The molecular formula is C20H25NO8S. The lowest BCUT2D eigenvalue weighted by Crippen LogP contribution is -2.16. The highest BCUT2D eigenvalue weighted by atomic mass is 32.2. The molecule has 0 radical (unpaired) electrons. The van der Waals surface area contributed by atoms with E-state index in [2.05, 4.69) is 0 Å². The molecule has 0 unspecified atom stereocenters. The maximum atomic E-state index is 12.4. The van der Waals surface area contributed by atoms with Gasteiger partial charge in [-0.05, 0) is 11.6 Å². The highest BCUT2D eigenvalue weighted by molar-refractivity contribution is 7.91. The van der Waals surface area contributed by atoms with E-state index in [1.165, 1.54) is 13.2 Å². The molecule has 0 saturated carbocycles. The predicted molar refractivity (Wildman–Crippen MR) is 109 cm³/mol. The fourth-order valence-corrected chi connectivity index (χ4v) is 3.79. The minimum Gasteiger partial charge on any atom is -0.495 e. The zero-order chi connectivity index (χ0) is 21.8. The van der Waals surface area contributed by atoms with Crippen LogP contribution in [0.2, 0.25) is 0 Å². The summed E-state index contributed by atoms with van der Waals surface area (Å²) in [5.41, 5.74) is 0.846. The summed E-state index contributed by atoms with van der Waals surface area (Å²) in [7, 11) is -2.45. The van der Waals surface area contributed by atoms with Crippen LogP contribution in [-0.4, -0.2) is 59.2 Å². The van der Waals surface area contributed by atoms with Crippen LogP contribution < -0.4 is 4.74 Å². The SMILES string of the molecule is COc1cc([N+](=O)[O-])ccc1S(=O)(=O)CCOCCOCCOCc1ccccc1. The minimum absolute atomic E-state index is 0.0314. The number of nitro groups is 1. The van der Waals surface area contributed by atoms with E-state index in [1.807, 2.05) is 30.3 Å². The van der Waals surface area contributed by atoms with Crippen LogP contribution in [-0.2, 0) is 30.7 Å². The summed E-state index contributed by atoms with van der Waals surface area (Å²) in [5, 5.41) is 10.8. The molecule has 2 rings (SSSR count). The summed E-state index contributed by atoms with van der Waals surface area (Å²) < 4.78 is 46.0. The lowest BCUT2D eigenvalue weighted by Gasteiger charge is -2.10. The molecule has 0 saturated heterocycles. The van der Waals surface area contributed by atoms with E-state index < -0.39 is 14.8 Å². The highest BCUT2D eigenvalue weighted by Gasteiger charge is 2.22. The zero-order valence-corrected chi connectivity index (χ0v) is 17.5. The Bertz CT molecular complexity index is 902. The van der Waals surface area contributed by atoms with Crippen molar-refractivity contribution in [1.29, 1.82) is 0 Å². The van der Waals surface area contributed by atoms with Crippen LogP contribution in [0.25, 0.3) is 0 Å². The van der Waals surface area contributed by atoms with E-state index in [9.17, 15) is 18.5 Å². The molecule has 30 heavy (non-hydrogen) atoms. The Morgan fingerprint density at radius 3 is 2.17 bits per heavy atom. The standard InChI is InChI=1S/C20H25NO8S/c1-26-19-15-18(21(22)23)7-8-20(19)30(24,25)14-13-28-10-9-27-11-12-29-16-17-5-3-2-4-6-17/h2-8,15H,9-14,16H2,1H3. The quantitative estimate of drug-likeness (QED) is 0.251. The number of methoxy groups -OCH3 is 1. The average molecular weight is 439 g/mol. The van der Waals surface area contributed by atoms with Crippen molar-refractivity contribution in [3.8, 4) is 5.75 Å². The molecule has 0 aromatic heterocycles. The molecule has 2 aromatic carbocycles. The minimum atomic E-state index is -3.71. The van der Waals surface area contributed by atoms with Crippen molar-refractivity contribution in [2.24, 2.45) is 0 Å². The number of hydrogen-bond acceptors (Lipinski definition) is 8. The Kier molecular flexibility index (Phi) is 9.68. The number of hydrogen-bond donors (Lipinski definition) is 0. The van der Waals surface area contributed by atoms with E-state index in [-0.39, 0.29) is 35.3 Å². The summed E-state index contributed by atoms with van der Waals surface area (Å²) >= 11 is 0. The summed E-state index contributed by atoms with van der Waals surface area (Å²) in [4.78, 5) is 10.1. The lowest BCUT2D eigenvalue weighted by atomic mass is 10.2. The molecule has 0 bridgehead atoms. The highest BCUT2D eigenvalue weighted by Crippen LogP contribution is 2.29. The topological polar surface area (TPSA) is 114 Å². The molecule has 164 valence electrons. The molecule has 10 heteroatoms. The Morgan fingerprint density at radius 2 is 1.53 bits per heavy atom. The molecule has 9 nitrogen and oxygen atoms in total. The van der Waals surface area contributed by atoms with Gasteiger partial charge in [0, 0.05) is 6.07 Å². The Labute approximate surface area is 175 Å². The zero-order valence-electron chi connectivity index (χ0n) is 16.7. The van der Waals surface area contributed by atoms with Crippen molar-refractivity contribution in [2.75, 3.05) is 45.9 Å². The number of nitrogens with zero attached hydrogens (tertiary/aromatic N) is 1. The van der Waals surface area contributed by atoms with Crippen LogP contribution in [0.4, 0.5) is 5.69 Å². The van der Waals surface area contributed by atoms with Crippen molar-refractivity contribution in [2.45, 2.75) is 11.5 Å². The van der Waals surface area contributed by atoms with Gasteiger partial charge in [0.25, 0.3) is 5.69 Å². The van der Waals surface area contributed by atoms with Crippen LogP contribution in [0.1, 0.15) is 5.56 Å². The van der Waals surface area contributed by atoms with Gasteiger partial charge in [0.05, 0.1) is 63.5 Å². The Hall–Kier alpha value is -2.53. The molecule has 0 fully saturated rings. The van der Waals surface area contributed by atoms with Crippen molar-refractivity contribution in [1.82, 2.24) is 0 Å². The first-order valence-electron chi connectivity index (χ1n) is 9.26. The molecule has 0 aliphatic heterocycles. The van der Waals surface area contributed by atoms with Crippen molar-refractivity contribution in [3.63, 3.8) is 0 Å². The molecule has 0 atom stereocenters. The summed E-state index contributed by atoms with van der Waals surface area (Å²) in [5.74, 6) is -0.343. The number of nitro benzene ring substituents is 1. The van der Waals surface area contributed by atoms with Crippen LogP contribution in [0.5, 0.6) is 5.75 Å². The normalized spacial score (nSPS) is 11.4. The molecule has 0 aliphatic carbocycles. The Balaban J connectivity index is 1.62. The number of ether oxygens (including phenoxy) is 4. The number of benzene rings is 2. The monoisotopic (exact) mass is 439 g/mol. The van der Waals surface area contributed by atoms with Gasteiger partial charge in [-0.15, -0.1) is 0 Å². The molecule has 0 aliphatic rings. The molecule has 0 heterocycles. The van der Waals surface area contributed by atoms with Crippen molar-refractivity contribution >= 4 is 15.5 Å². The predicted octanol–water partition coefficient (Wildman–Crippen LogP) is 2.63. The fourth-order valence-electron chi connectivity index (χ4n) is 2.51. The van der Waals surface area contributed by atoms with E-state index in [0.29, 0.717) is 26.4 Å². The second kappa shape index (κ2) is 12.2. The summed E-state index contributed by atoms with van der Waals surface area (Å²) in [6.07, 6.45) is 0. The third kappa shape index (κ3) is 7.71. The largest absolute Gasteiger partial charge is 0.495 e. The molecule has 0 amide bonds. The van der Waals surface area contributed by atoms with Gasteiger partial charge in [-0.3, -0.25) is 10.1 Å². The van der Waals surface area contributed by atoms with Gasteiger partial charge >= 0.3 is 0 Å². The van der Waals surface area contributed by atoms with Gasteiger partial charge in [-0.25, -0.2) is 8.42 Å². The van der Waals surface area contributed by atoms with Gasteiger partial charge in [-0.1, -0.05) is 30.3 Å². The lowest BCUT2D eigenvalue weighted by molar-refractivity contribution is -0.385. The molecule has 0 spiro atoms. The van der Waals surface area contributed by atoms with Crippen LogP contribution in [0.15, 0.2) is 53.4 Å². The van der Waals surface area contributed by atoms with Gasteiger partial charge in [0.1, 0.15) is 10.6 Å². The maximum Gasteiger partial charge on any atom is 0.273 e. The van der Waals surface area contributed by atoms with Gasteiger partial charge in [-0.2, -0.15) is 0 Å². The van der Waals surface area contributed by atoms with Crippen molar-refractivity contribution in [3.05, 3.63) is 64.2 Å². The van der Waals surface area contributed by atoms with Crippen LogP contribution in [0, 0.1) is 10.1 Å². The number of sulfone groups is 1. The van der Waals surface area contributed by atoms with Crippen LogP contribution in [0.3, 0.4) is 0 Å². The summed E-state index contributed by atoms with van der Waals surface area (Å²) in [6.45, 7) is 1.90. The Morgan fingerprint density at radius 1 is 0.900 bits per heavy atom. The van der Waals surface area contributed by atoms with Gasteiger partial charge < -0.3 is 18.9 Å². The number of rotatable bonds is 14. The molecular weight excluding hydrogens is 414 g/mol. The van der Waals surface area contributed by atoms with E-state index in [4.69, 9.17) is 18.9 Å². The van der Waals surface area contributed by atoms with Gasteiger partial charge in [0.2, 0.25) is 0 Å². The number of non-ortho nitro benzene ring substituents is 1. The van der Waals surface area contributed by atoms with Crippen molar-refractivity contribution < 1.29 is 32.3 Å². The smallest absolute Gasteiger partial charge is 0.273 e. The van der Waals surface area contributed by atoms with E-state index in [0.717, 1.165) is 17.7 Å². The second-order valence-corrected chi connectivity index (χ2v) is 8.25. The second-order valence-electron chi connectivity index (χ2n) is 6.17.